The van der Waals surface area contributed by atoms with E-state index < -0.39 is 0 Å². The van der Waals surface area contributed by atoms with Crippen LogP contribution in [0.5, 0.6) is 17.2 Å². The number of ether oxygens (including phenoxy) is 3. The lowest BCUT2D eigenvalue weighted by Gasteiger charge is -2.21. The topological polar surface area (TPSA) is 65.8 Å². The Kier molecular flexibility index (Phi) is 7.30. The minimum atomic E-state index is -0.140. The molecule has 0 saturated carbocycles. The highest BCUT2D eigenvalue weighted by Gasteiger charge is 2.25. The van der Waals surface area contributed by atoms with Gasteiger partial charge in [0.05, 0.1) is 44.5 Å². The number of aromatic nitrogens is 2. The van der Waals surface area contributed by atoms with E-state index in [1.807, 2.05) is 38.1 Å². The smallest absolute Gasteiger partial charge is 0.257 e. The van der Waals surface area contributed by atoms with Gasteiger partial charge in [-0.2, -0.15) is 5.10 Å². The van der Waals surface area contributed by atoms with E-state index in [0.717, 1.165) is 16.9 Å². The fraction of sp³-hybridized carbons (Fsp3) is 0.333. The molecule has 0 unspecified atom stereocenters. The summed E-state index contributed by atoms with van der Waals surface area (Å²) in [6.45, 7) is 4.39. The van der Waals surface area contributed by atoms with Gasteiger partial charge >= 0.3 is 0 Å². The second kappa shape index (κ2) is 9.96. The SMILES string of the molecule is COc1ccc(CN(C)C(=O)c2cnn(-c3cccc(Cl)c3)c2C(C)C)c(OC)c1OC. The Morgan fingerprint density at radius 1 is 1.09 bits per heavy atom. The van der Waals surface area contributed by atoms with Gasteiger partial charge in [0.2, 0.25) is 5.75 Å². The summed E-state index contributed by atoms with van der Waals surface area (Å²) in [5, 5.41) is 5.10. The highest BCUT2D eigenvalue weighted by atomic mass is 35.5. The van der Waals surface area contributed by atoms with Crippen LogP contribution in [0.4, 0.5) is 0 Å². The quantitative estimate of drug-likeness (QED) is 0.479. The van der Waals surface area contributed by atoms with Crippen LogP contribution in [0.1, 0.15) is 41.4 Å². The first kappa shape index (κ1) is 23.5. The molecule has 1 aromatic heterocycles. The van der Waals surface area contributed by atoms with Gasteiger partial charge in [-0.1, -0.05) is 31.5 Å². The minimum absolute atomic E-state index is 0.0689. The van der Waals surface area contributed by atoms with Crippen LogP contribution in [-0.2, 0) is 6.54 Å². The van der Waals surface area contributed by atoms with Crippen LogP contribution >= 0.6 is 11.6 Å². The van der Waals surface area contributed by atoms with Crippen molar-refractivity contribution in [1.82, 2.24) is 14.7 Å². The van der Waals surface area contributed by atoms with Crippen molar-refractivity contribution in [3.63, 3.8) is 0 Å². The van der Waals surface area contributed by atoms with Gasteiger partial charge in [-0.25, -0.2) is 4.68 Å². The Hall–Kier alpha value is -3.19. The number of hydrogen-bond donors (Lipinski definition) is 0. The number of hydrogen-bond acceptors (Lipinski definition) is 5. The molecule has 8 heteroatoms. The largest absolute Gasteiger partial charge is 0.493 e. The third kappa shape index (κ3) is 4.53. The molecule has 3 rings (SSSR count). The number of carbonyl (C=O) groups excluding carboxylic acids is 1. The summed E-state index contributed by atoms with van der Waals surface area (Å²) in [7, 11) is 6.43. The lowest BCUT2D eigenvalue weighted by molar-refractivity contribution is 0.0782. The molecule has 7 nitrogen and oxygen atoms in total. The lowest BCUT2D eigenvalue weighted by atomic mass is 10.0. The van der Waals surface area contributed by atoms with Crippen LogP contribution in [0.3, 0.4) is 0 Å². The maximum Gasteiger partial charge on any atom is 0.257 e. The maximum absolute atomic E-state index is 13.4. The Morgan fingerprint density at radius 2 is 1.81 bits per heavy atom. The van der Waals surface area contributed by atoms with E-state index in [1.54, 1.807) is 56.3 Å². The average Bonchev–Trinajstić information content (AvgIpc) is 3.23. The van der Waals surface area contributed by atoms with Crippen molar-refractivity contribution in [2.45, 2.75) is 26.3 Å². The normalized spacial score (nSPS) is 10.9. The van der Waals surface area contributed by atoms with Crippen LogP contribution in [0.2, 0.25) is 5.02 Å². The first-order chi connectivity index (χ1) is 15.3. The summed E-state index contributed by atoms with van der Waals surface area (Å²) >= 11 is 6.16. The van der Waals surface area contributed by atoms with Gasteiger partial charge in [-0.3, -0.25) is 4.79 Å². The Balaban J connectivity index is 1.95. The molecule has 0 aliphatic heterocycles. The van der Waals surface area contributed by atoms with Gasteiger partial charge in [0.25, 0.3) is 5.91 Å². The summed E-state index contributed by atoms with van der Waals surface area (Å²) < 4.78 is 18.1. The fourth-order valence-corrected chi connectivity index (χ4v) is 3.90. The predicted molar refractivity (Wildman–Crippen MR) is 125 cm³/mol. The highest BCUT2D eigenvalue weighted by Crippen LogP contribution is 2.40. The van der Waals surface area contributed by atoms with Gasteiger partial charge in [0, 0.05) is 24.2 Å². The van der Waals surface area contributed by atoms with Gasteiger partial charge in [0.15, 0.2) is 11.5 Å². The molecule has 3 aromatic rings. The molecule has 0 N–H and O–H groups in total. The number of benzene rings is 2. The molecule has 32 heavy (non-hydrogen) atoms. The number of methoxy groups -OCH3 is 3. The highest BCUT2D eigenvalue weighted by molar-refractivity contribution is 6.30. The Morgan fingerprint density at radius 3 is 2.41 bits per heavy atom. The van der Waals surface area contributed by atoms with E-state index in [1.165, 1.54) is 0 Å². The zero-order valence-corrected chi connectivity index (χ0v) is 19.9. The third-order valence-electron chi connectivity index (χ3n) is 5.18. The number of carbonyl (C=O) groups is 1. The molecule has 0 radical (unpaired) electrons. The Labute approximate surface area is 193 Å². The predicted octanol–water partition coefficient (Wildman–Crippen LogP) is 4.95. The van der Waals surface area contributed by atoms with Crippen LogP contribution in [0, 0.1) is 0 Å². The van der Waals surface area contributed by atoms with Gasteiger partial charge in [-0.15, -0.1) is 0 Å². The molecular weight excluding hydrogens is 430 g/mol. The molecular formula is C24H28ClN3O4. The molecule has 0 fully saturated rings. The monoisotopic (exact) mass is 457 g/mol. The van der Waals surface area contributed by atoms with Gasteiger partial charge in [-0.05, 0) is 36.2 Å². The van der Waals surface area contributed by atoms with Crippen molar-refractivity contribution in [3.8, 4) is 22.9 Å². The minimum Gasteiger partial charge on any atom is -0.493 e. The number of halogens is 1. The van der Waals surface area contributed by atoms with Gasteiger partial charge < -0.3 is 19.1 Å². The molecule has 2 aromatic carbocycles. The zero-order valence-electron chi connectivity index (χ0n) is 19.2. The molecule has 0 atom stereocenters. The van der Waals surface area contributed by atoms with Crippen LogP contribution in [-0.4, -0.2) is 49.0 Å². The zero-order chi connectivity index (χ0) is 23.4. The van der Waals surface area contributed by atoms with Crippen LogP contribution < -0.4 is 14.2 Å². The summed E-state index contributed by atoms with van der Waals surface area (Å²) in [6.07, 6.45) is 1.61. The van der Waals surface area contributed by atoms with Crippen LogP contribution in [0.25, 0.3) is 5.69 Å². The molecule has 0 bridgehead atoms. The maximum atomic E-state index is 13.4. The van der Waals surface area contributed by atoms with E-state index >= 15 is 0 Å². The van der Waals surface area contributed by atoms with E-state index in [4.69, 9.17) is 25.8 Å². The Bertz CT molecular complexity index is 1110. The summed E-state index contributed by atoms with van der Waals surface area (Å²) in [6, 6.07) is 11.1. The third-order valence-corrected chi connectivity index (χ3v) is 5.41. The van der Waals surface area contributed by atoms with Crippen molar-refractivity contribution < 1.29 is 19.0 Å². The molecule has 0 spiro atoms. The first-order valence-electron chi connectivity index (χ1n) is 10.2. The molecule has 170 valence electrons. The van der Waals surface area contributed by atoms with E-state index in [2.05, 4.69) is 5.10 Å². The number of rotatable bonds is 8. The molecule has 0 aliphatic carbocycles. The van der Waals surface area contributed by atoms with E-state index in [-0.39, 0.29) is 11.8 Å². The van der Waals surface area contributed by atoms with Gasteiger partial charge in [0.1, 0.15) is 0 Å². The van der Waals surface area contributed by atoms with E-state index in [9.17, 15) is 4.79 Å². The molecule has 1 heterocycles. The van der Waals surface area contributed by atoms with Crippen LogP contribution in [0.15, 0.2) is 42.6 Å². The van der Waals surface area contributed by atoms with Crippen molar-refractivity contribution >= 4 is 17.5 Å². The van der Waals surface area contributed by atoms with Crippen molar-refractivity contribution in [2.24, 2.45) is 0 Å². The van der Waals surface area contributed by atoms with E-state index in [0.29, 0.717) is 34.4 Å². The average molecular weight is 458 g/mol. The number of amides is 1. The number of nitrogens with zero attached hydrogens (tertiary/aromatic N) is 3. The molecule has 1 amide bonds. The summed E-state index contributed by atoms with van der Waals surface area (Å²) in [5.41, 5.74) is 2.98. The second-order valence-electron chi connectivity index (χ2n) is 7.64. The fourth-order valence-electron chi connectivity index (χ4n) is 3.71. The van der Waals surface area contributed by atoms with Crippen molar-refractivity contribution in [1.29, 1.82) is 0 Å². The lowest BCUT2D eigenvalue weighted by Crippen LogP contribution is -2.27. The molecule has 0 aliphatic rings. The van der Waals surface area contributed by atoms with Crippen molar-refractivity contribution in [2.75, 3.05) is 28.4 Å². The summed E-state index contributed by atoms with van der Waals surface area (Å²) in [5.74, 6) is 1.51. The molecule has 0 saturated heterocycles. The van der Waals surface area contributed by atoms with Crippen molar-refractivity contribution in [3.05, 3.63) is 64.4 Å². The second-order valence-corrected chi connectivity index (χ2v) is 8.08. The first-order valence-corrected chi connectivity index (χ1v) is 10.6. The summed E-state index contributed by atoms with van der Waals surface area (Å²) in [4.78, 5) is 15.0. The standard InChI is InChI=1S/C24H28ClN3O4/c1-15(2)21-19(13-26-28(21)18-9-7-8-17(25)12-18)24(29)27(3)14-16-10-11-20(30-4)23(32-6)22(16)31-5/h7-13,15H,14H2,1-6H3.